The van der Waals surface area contributed by atoms with Gasteiger partial charge in [-0.3, -0.25) is 14.4 Å². The Kier molecular flexibility index (Phi) is 5.80. The summed E-state index contributed by atoms with van der Waals surface area (Å²) in [7, 11) is 0. The van der Waals surface area contributed by atoms with Crippen LogP contribution in [0.3, 0.4) is 0 Å². The van der Waals surface area contributed by atoms with E-state index < -0.39 is 17.9 Å². The molecule has 1 aromatic heterocycles. The maximum absolute atomic E-state index is 12.3. The fraction of sp³-hybridized carbons (Fsp3) is 0.611. The summed E-state index contributed by atoms with van der Waals surface area (Å²) in [4.78, 5) is 36.4. The normalized spacial score (nSPS) is 14.2. The minimum Gasteiger partial charge on any atom is -0.465 e. The van der Waals surface area contributed by atoms with Crippen molar-refractivity contribution in [3.8, 4) is 0 Å². The quantitative estimate of drug-likeness (QED) is 0.587. The van der Waals surface area contributed by atoms with E-state index in [4.69, 9.17) is 13.9 Å². The van der Waals surface area contributed by atoms with Gasteiger partial charge in [-0.25, -0.2) is 0 Å². The van der Waals surface area contributed by atoms with Crippen LogP contribution in [0.25, 0.3) is 0 Å². The second kappa shape index (κ2) is 7.64. The molecule has 0 aromatic carbocycles. The van der Waals surface area contributed by atoms with E-state index in [0.717, 1.165) is 6.42 Å². The van der Waals surface area contributed by atoms with Gasteiger partial charge in [0.25, 0.3) is 0 Å². The summed E-state index contributed by atoms with van der Waals surface area (Å²) in [5.41, 5.74) is 0.560. The highest BCUT2D eigenvalue weighted by Crippen LogP contribution is 2.26. The molecular weight excluding hydrogens is 312 g/mol. The van der Waals surface area contributed by atoms with Gasteiger partial charge in [-0.1, -0.05) is 0 Å². The third-order valence-electron chi connectivity index (χ3n) is 3.65. The lowest BCUT2D eigenvalue weighted by atomic mass is 9.96. The average molecular weight is 336 g/mol. The molecule has 6 nitrogen and oxygen atoms in total. The molecule has 0 amide bonds. The van der Waals surface area contributed by atoms with Gasteiger partial charge >= 0.3 is 11.9 Å². The number of rotatable bonds is 6. The Morgan fingerprint density at radius 1 is 1.08 bits per heavy atom. The van der Waals surface area contributed by atoms with E-state index in [0.29, 0.717) is 29.9 Å². The van der Waals surface area contributed by atoms with Gasteiger partial charge < -0.3 is 13.9 Å². The summed E-state index contributed by atoms with van der Waals surface area (Å²) in [6.07, 6.45) is 1.31. The summed E-state index contributed by atoms with van der Waals surface area (Å²) < 4.78 is 16.0. The van der Waals surface area contributed by atoms with E-state index in [2.05, 4.69) is 0 Å². The molecule has 2 rings (SSSR count). The van der Waals surface area contributed by atoms with Crippen molar-refractivity contribution in [2.24, 2.45) is 5.92 Å². The lowest BCUT2D eigenvalue weighted by Crippen LogP contribution is -2.32. The van der Waals surface area contributed by atoms with E-state index in [9.17, 15) is 14.4 Å². The molecule has 24 heavy (non-hydrogen) atoms. The molecule has 0 saturated heterocycles. The van der Waals surface area contributed by atoms with Crippen molar-refractivity contribution in [3.63, 3.8) is 0 Å². The molecule has 0 radical (unpaired) electrons. The minimum absolute atomic E-state index is 0.0252. The van der Waals surface area contributed by atoms with Crippen LogP contribution in [0, 0.1) is 5.92 Å². The van der Waals surface area contributed by atoms with E-state index in [1.165, 1.54) is 0 Å². The first-order valence-electron chi connectivity index (χ1n) is 8.33. The molecule has 1 aliphatic rings. The van der Waals surface area contributed by atoms with Crippen molar-refractivity contribution in [3.05, 3.63) is 23.2 Å². The fourth-order valence-corrected chi connectivity index (χ4v) is 2.64. The van der Waals surface area contributed by atoms with Gasteiger partial charge in [0, 0.05) is 19.3 Å². The summed E-state index contributed by atoms with van der Waals surface area (Å²) in [5, 5.41) is 0. The van der Waals surface area contributed by atoms with Gasteiger partial charge in [0.15, 0.2) is 11.7 Å². The molecular formula is C18H24O6. The molecule has 1 aliphatic carbocycles. The number of carbonyl (C=O) groups is 3. The van der Waals surface area contributed by atoms with Gasteiger partial charge in [0.1, 0.15) is 11.5 Å². The van der Waals surface area contributed by atoms with Crippen molar-refractivity contribution >= 4 is 17.7 Å². The predicted molar refractivity (Wildman–Crippen MR) is 85.6 cm³/mol. The van der Waals surface area contributed by atoms with Gasteiger partial charge in [-0.2, -0.15) is 0 Å². The second-order valence-electron chi connectivity index (χ2n) is 6.55. The summed E-state index contributed by atoms with van der Waals surface area (Å²) in [5.74, 6) is -1.28. The van der Waals surface area contributed by atoms with Crippen LogP contribution in [0.15, 0.2) is 10.5 Å². The Morgan fingerprint density at radius 2 is 1.67 bits per heavy atom. The van der Waals surface area contributed by atoms with E-state index in [-0.39, 0.29) is 24.4 Å². The zero-order valence-corrected chi connectivity index (χ0v) is 14.6. The Bertz CT molecular complexity index is 603. The number of ketones is 1. The number of hydrogen-bond acceptors (Lipinski definition) is 6. The monoisotopic (exact) mass is 336 g/mol. The van der Waals surface area contributed by atoms with Crippen molar-refractivity contribution in [2.75, 3.05) is 0 Å². The number of Topliss-reactive ketones (excluding diaryl/α,β-unsaturated/α-hetero) is 1. The smallest absolute Gasteiger partial charge is 0.321 e. The Hall–Kier alpha value is -2.11. The van der Waals surface area contributed by atoms with Crippen LogP contribution in [0.2, 0.25) is 0 Å². The van der Waals surface area contributed by atoms with Crippen LogP contribution in [0.1, 0.15) is 62.4 Å². The van der Waals surface area contributed by atoms with Crippen molar-refractivity contribution in [1.82, 2.24) is 0 Å². The number of ether oxygens (including phenoxy) is 2. The minimum atomic E-state index is -1.10. The average Bonchev–Trinajstić information content (AvgIpc) is 2.87. The number of furan rings is 1. The molecule has 0 spiro atoms. The predicted octanol–water partition coefficient (Wildman–Crippen LogP) is 2.86. The molecule has 0 unspecified atom stereocenters. The van der Waals surface area contributed by atoms with Gasteiger partial charge in [0.05, 0.1) is 17.8 Å². The molecule has 0 saturated carbocycles. The van der Waals surface area contributed by atoms with Crippen LogP contribution < -0.4 is 0 Å². The summed E-state index contributed by atoms with van der Waals surface area (Å²) >= 11 is 0. The lowest BCUT2D eigenvalue weighted by molar-refractivity contribution is -0.166. The number of aryl methyl sites for hydroxylation is 1. The Labute approximate surface area is 141 Å². The van der Waals surface area contributed by atoms with Gasteiger partial charge in [0.2, 0.25) is 0 Å². The molecule has 132 valence electrons. The zero-order valence-electron chi connectivity index (χ0n) is 14.6. The second-order valence-corrected chi connectivity index (χ2v) is 6.55. The molecule has 0 atom stereocenters. The molecule has 0 fully saturated rings. The molecule has 0 aliphatic heterocycles. The van der Waals surface area contributed by atoms with Crippen molar-refractivity contribution in [2.45, 2.75) is 65.6 Å². The first-order chi connectivity index (χ1) is 11.3. The first-order valence-corrected chi connectivity index (χ1v) is 8.33. The molecule has 6 heteroatoms. The summed E-state index contributed by atoms with van der Waals surface area (Å²) in [6, 6.07) is 1.63. The molecule has 0 bridgehead atoms. The largest absolute Gasteiger partial charge is 0.465 e. The molecule has 0 N–H and O–H groups in total. The van der Waals surface area contributed by atoms with E-state index >= 15 is 0 Å². The Balaban J connectivity index is 2.19. The van der Waals surface area contributed by atoms with Crippen LogP contribution in [-0.4, -0.2) is 29.9 Å². The van der Waals surface area contributed by atoms with Crippen molar-refractivity contribution in [1.29, 1.82) is 0 Å². The van der Waals surface area contributed by atoms with Gasteiger partial charge in [-0.15, -0.1) is 0 Å². The first kappa shape index (κ1) is 18.2. The molecule has 1 heterocycles. The van der Waals surface area contributed by atoms with Crippen LogP contribution in [0.5, 0.6) is 0 Å². The van der Waals surface area contributed by atoms with Crippen LogP contribution in [0.4, 0.5) is 0 Å². The standard InChI is InChI=1S/C18H24O6/c1-10(2)22-17(20)14(18(21)23-11(3)4)9-12-8-13-15(19)6-5-7-16(13)24-12/h8,10-11,14H,5-7,9H2,1-4H3. The third-order valence-corrected chi connectivity index (χ3v) is 3.65. The number of carbonyl (C=O) groups excluding carboxylic acids is 3. The topological polar surface area (TPSA) is 82.8 Å². The van der Waals surface area contributed by atoms with E-state index in [1.54, 1.807) is 33.8 Å². The zero-order chi connectivity index (χ0) is 17.9. The number of esters is 2. The van der Waals surface area contributed by atoms with Gasteiger partial charge in [-0.05, 0) is 40.2 Å². The Morgan fingerprint density at radius 3 is 2.17 bits per heavy atom. The summed E-state index contributed by atoms with van der Waals surface area (Å²) in [6.45, 7) is 6.86. The molecule has 1 aromatic rings. The SMILES string of the molecule is CC(C)OC(=O)C(Cc1cc2c(o1)CCCC2=O)C(=O)OC(C)C. The van der Waals surface area contributed by atoms with Crippen LogP contribution >= 0.6 is 0 Å². The number of hydrogen-bond donors (Lipinski definition) is 0. The van der Waals surface area contributed by atoms with E-state index in [1.807, 2.05) is 0 Å². The highest BCUT2D eigenvalue weighted by Gasteiger charge is 2.33. The van der Waals surface area contributed by atoms with Crippen molar-refractivity contribution < 1.29 is 28.3 Å². The maximum atomic E-state index is 12.3. The highest BCUT2D eigenvalue weighted by molar-refractivity contribution is 5.98. The fourth-order valence-electron chi connectivity index (χ4n) is 2.64. The highest BCUT2D eigenvalue weighted by atomic mass is 16.6. The maximum Gasteiger partial charge on any atom is 0.321 e. The number of fused-ring (bicyclic) bond motifs is 1. The third kappa shape index (κ3) is 4.46. The lowest BCUT2D eigenvalue weighted by Gasteiger charge is -2.17. The van der Waals surface area contributed by atoms with Crippen LogP contribution in [-0.2, 0) is 31.9 Å².